The highest BCUT2D eigenvalue weighted by molar-refractivity contribution is 5.99. The van der Waals surface area contributed by atoms with Crippen molar-refractivity contribution in [1.29, 1.82) is 0 Å². The highest BCUT2D eigenvalue weighted by Crippen LogP contribution is 2.07. The summed E-state index contributed by atoms with van der Waals surface area (Å²) in [6.45, 7) is 3.85. The summed E-state index contributed by atoms with van der Waals surface area (Å²) < 4.78 is 4.93. The molecule has 0 saturated carbocycles. The van der Waals surface area contributed by atoms with Gasteiger partial charge in [-0.25, -0.2) is 0 Å². The van der Waals surface area contributed by atoms with Crippen molar-refractivity contribution in [2.75, 3.05) is 6.54 Å². The molecule has 1 aromatic heterocycles. The van der Waals surface area contributed by atoms with Crippen molar-refractivity contribution in [3.63, 3.8) is 0 Å². The second-order valence-electron chi connectivity index (χ2n) is 3.19. The zero-order valence-corrected chi connectivity index (χ0v) is 8.68. The molecule has 1 aromatic rings. The lowest BCUT2D eigenvalue weighted by Gasteiger charge is -2.12. The van der Waals surface area contributed by atoms with Crippen LogP contribution in [0, 0.1) is 0 Å². The zero-order valence-electron chi connectivity index (χ0n) is 8.68. The number of furan rings is 1. The standard InChI is InChI=1S/C11H13NO4/c1-2-5-12-8(7-10(13)14)11(15)9-4-3-6-16-9/h2-4,6,8,12H,1,5,7H2,(H,13,14). The average molecular weight is 223 g/mol. The number of rotatable bonds is 7. The first-order valence-electron chi connectivity index (χ1n) is 4.79. The summed E-state index contributed by atoms with van der Waals surface area (Å²) in [5.41, 5.74) is 0. The van der Waals surface area contributed by atoms with Crippen molar-refractivity contribution >= 4 is 11.8 Å². The third kappa shape index (κ3) is 3.36. The molecule has 0 saturated heterocycles. The molecule has 1 heterocycles. The fourth-order valence-corrected chi connectivity index (χ4v) is 1.25. The molecule has 86 valence electrons. The maximum Gasteiger partial charge on any atom is 0.305 e. The van der Waals surface area contributed by atoms with Crippen LogP contribution in [0.4, 0.5) is 0 Å². The van der Waals surface area contributed by atoms with Gasteiger partial charge < -0.3 is 14.8 Å². The Kier molecular flexibility index (Phi) is 4.47. The van der Waals surface area contributed by atoms with Gasteiger partial charge in [0, 0.05) is 6.54 Å². The number of carboxylic acid groups (broad SMARTS) is 1. The molecule has 0 spiro atoms. The number of carbonyl (C=O) groups excluding carboxylic acids is 1. The van der Waals surface area contributed by atoms with E-state index in [1.807, 2.05) is 0 Å². The minimum absolute atomic E-state index is 0.155. The minimum Gasteiger partial charge on any atom is -0.481 e. The van der Waals surface area contributed by atoms with Crippen LogP contribution in [0.5, 0.6) is 0 Å². The fourth-order valence-electron chi connectivity index (χ4n) is 1.25. The molecule has 2 N–H and O–H groups in total. The number of nitrogens with one attached hydrogen (secondary N) is 1. The summed E-state index contributed by atoms with van der Waals surface area (Å²) >= 11 is 0. The van der Waals surface area contributed by atoms with E-state index in [0.717, 1.165) is 0 Å². The zero-order chi connectivity index (χ0) is 12.0. The molecule has 0 radical (unpaired) electrons. The van der Waals surface area contributed by atoms with E-state index >= 15 is 0 Å². The van der Waals surface area contributed by atoms with Crippen molar-refractivity contribution < 1.29 is 19.1 Å². The lowest BCUT2D eigenvalue weighted by atomic mass is 10.1. The van der Waals surface area contributed by atoms with Gasteiger partial charge in [-0.15, -0.1) is 6.58 Å². The first-order chi connectivity index (χ1) is 7.65. The number of aliphatic carboxylic acids is 1. The third-order valence-electron chi connectivity index (χ3n) is 1.97. The van der Waals surface area contributed by atoms with Crippen molar-refractivity contribution in [3.05, 3.63) is 36.8 Å². The van der Waals surface area contributed by atoms with E-state index in [1.165, 1.54) is 12.3 Å². The van der Waals surface area contributed by atoms with Gasteiger partial charge >= 0.3 is 5.97 Å². The van der Waals surface area contributed by atoms with Crippen molar-refractivity contribution in [2.45, 2.75) is 12.5 Å². The molecule has 0 fully saturated rings. The number of carbonyl (C=O) groups is 2. The number of hydrogen-bond donors (Lipinski definition) is 2. The van der Waals surface area contributed by atoms with E-state index in [-0.39, 0.29) is 18.0 Å². The second-order valence-corrected chi connectivity index (χ2v) is 3.19. The molecule has 0 aliphatic rings. The number of Topliss-reactive ketones (excluding diaryl/α,β-unsaturated/α-hetero) is 1. The van der Waals surface area contributed by atoms with Gasteiger partial charge in [0.25, 0.3) is 0 Å². The molecular weight excluding hydrogens is 210 g/mol. The van der Waals surface area contributed by atoms with E-state index in [0.29, 0.717) is 6.54 Å². The molecule has 0 aromatic carbocycles. The second kappa shape index (κ2) is 5.87. The predicted molar refractivity (Wildman–Crippen MR) is 57.3 cm³/mol. The van der Waals surface area contributed by atoms with Crippen LogP contribution in [-0.2, 0) is 4.79 Å². The molecule has 0 aliphatic heterocycles. The molecular formula is C11H13NO4. The van der Waals surface area contributed by atoms with E-state index in [2.05, 4.69) is 11.9 Å². The summed E-state index contributed by atoms with van der Waals surface area (Å²) in [6.07, 6.45) is 2.65. The van der Waals surface area contributed by atoms with Gasteiger partial charge in [0.15, 0.2) is 5.76 Å². The lowest BCUT2D eigenvalue weighted by Crippen LogP contribution is -2.38. The Balaban J connectivity index is 2.71. The van der Waals surface area contributed by atoms with Gasteiger partial charge in [-0.2, -0.15) is 0 Å². The van der Waals surface area contributed by atoms with Crippen LogP contribution in [0.15, 0.2) is 35.5 Å². The van der Waals surface area contributed by atoms with Crippen molar-refractivity contribution in [1.82, 2.24) is 5.32 Å². The molecule has 5 heteroatoms. The summed E-state index contributed by atoms with van der Waals surface area (Å²) in [7, 11) is 0. The maximum atomic E-state index is 11.8. The molecule has 1 unspecified atom stereocenters. The van der Waals surface area contributed by atoms with Crippen LogP contribution in [0.1, 0.15) is 17.0 Å². The van der Waals surface area contributed by atoms with E-state index in [4.69, 9.17) is 9.52 Å². The van der Waals surface area contributed by atoms with Crippen molar-refractivity contribution in [3.8, 4) is 0 Å². The van der Waals surface area contributed by atoms with Crippen LogP contribution >= 0.6 is 0 Å². The minimum atomic E-state index is -1.04. The first kappa shape index (κ1) is 12.2. The Bertz CT molecular complexity index is 369. The fraction of sp³-hybridized carbons (Fsp3) is 0.273. The number of ketones is 1. The Morgan fingerprint density at radius 2 is 2.38 bits per heavy atom. The molecule has 1 atom stereocenters. The van der Waals surface area contributed by atoms with Crippen LogP contribution in [-0.4, -0.2) is 29.4 Å². The van der Waals surface area contributed by atoms with E-state index in [9.17, 15) is 9.59 Å². The van der Waals surface area contributed by atoms with Gasteiger partial charge in [-0.1, -0.05) is 6.08 Å². The highest BCUT2D eigenvalue weighted by Gasteiger charge is 2.23. The van der Waals surface area contributed by atoms with Gasteiger partial charge in [-0.3, -0.25) is 9.59 Å². The molecule has 5 nitrogen and oxygen atoms in total. The quantitative estimate of drug-likeness (QED) is 0.534. The summed E-state index contributed by atoms with van der Waals surface area (Å²) in [4.78, 5) is 22.4. The van der Waals surface area contributed by atoms with Crippen LogP contribution in [0.3, 0.4) is 0 Å². The van der Waals surface area contributed by atoms with E-state index in [1.54, 1.807) is 12.1 Å². The smallest absolute Gasteiger partial charge is 0.305 e. The maximum absolute atomic E-state index is 11.8. The summed E-state index contributed by atoms with van der Waals surface area (Å²) in [5, 5.41) is 11.5. The van der Waals surface area contributed by atoms with Crippen LogP contribution < -0.4 is 5.32 Å². The lowest BCUT2D eigenvalue weighted by molar-refractivity contribution is -0.137. The normalized spacial score (nSPS) is 12.0. The van der Waals surface area contributed by atoms with E-state index < -0.39 is 12.0 Å². The molecule has 0 aliphatic carbocycles. The SMILES string of the molecule is C=CCNC(CC(=O)O)C(=O)c1ccco1. The van der Waals surface area contributed by atoms with Crippen molar-refractivity contribution in [2.24, 2.45) is 0 Å². The molecule has 1 rings (SSSR count). The monoisotopic (exact) mass is 223 g/mol. The number of hydrogen-bond acceptors (Lipinski definition) is 4. The van der Waals surface area contributed by atoms with Gasteiger partial charge in [-0.05, 0) is 12.1 Å². The van der Waals surface area contributed by atoms with Crippen LogP contribution in [0.2, 0.25) is 0 Å². The largest absolute Gasteiger partial charge is 0.481 e. The Labute approximate surface area is 92.8 Å². The summed E-state index contributed by atoms with van der Waals surface area (Å²) in [6, 6.07) is 2.30. The third-order valence-corrected chi connectivity index (χ3v) is 1.97. The first-order valence-corrected chi connectivity index (χ1v) is 4.79. The Morgan fingerprint density at radius 1 is 1.62 bits per heavy atom. The Hall–Kier alpha value is -1.88. The number of carboxylic acids is 1. The molecule has 16 heavy (non-hydrogen) atoms. The highest BCUT2D eigenvalue weighted by atomic mass is 16.4. The predicted octanol–water partition coefficient (Wildman–Crippen LogP) is 1.08. The topological polar surface area (TPSA) is 79.5 Å². The van der Waals surface area contributed by atoms with Gasteiger partial charge in [0.1, 0.15) is 0 Å². The molecule has 0 bridgehead atoms. The van der Waals surface area contributed by atoms with Crippen LogP contribution in [0.25, 0.3) is 0 Å². The van der Waals surface area contributed by atoms with Gasteiger partial charge in [0.05, 0.1) is 18.7 Å². The van der Waals surface area contributed by atoms with Gasteiger partial charge in [0.2, 0.25) is 5.78 Å². The average Bonchev–Trinajstić information content (AvgIpc) is 2.76. The summed E-state index contributed by atoms with van der Waals surface area (Å²) in [5.74, 6) is -1.25. The molecule has 0 amide bonds. The Morgan fingerprint density at radius 3 is 2.88 bits per heavy atom.